The van der Waals surface area contributed by atoms with Crippen molar-refractivity contribution in [1.82, 2.24) is 9.80 Å². The zero-order valence-corrected chi connectivity index (χ0v) is 22.7. The summed E-state index contributed by atoms with van der Waals surface area (Å²) in [5.74, 6) is 1.32. The number of rotatable bonds is 16. The molecule has 0 bridgehead atoms. The van der Waals surface area contributed by atoms with Crippen LogP contribution in [0.3, 0.4) is 0 Å². The number of nitrogens with zero attached hydrogens (tertiary/aromatic N) is 2. The standard InChI is InChI=1S/C29H42N2O5/c1-7-36-18-12-16-30(3)15-11-17-31(22-23(2)19-24-13-9-8-10-14-24)29(32)25-20-26(33-4)28(35-6)27(21-25)34-5/h8-10,13-14,19-21H,7,11-12,15-18,22H2,1-6H3/b23-19+. The Bertz CT molecular complexity index is 936. The SMILES string of the molecule is CCOCCCN(C)CCCN(C/C(C)=C/c1ccccc1)C(=O)c1cc(OC)c(OC)c(OC)c1. The molecule has 0 unspecified atom stereocenters. The maximum Gasteiger partial charge on any atom is 0.254 e. The normalized spacial score (nSPS) is 11.5. The van der Waals surface area contributed by atoms with E-state index in [2.05, 4.69) is 37.1 Å². The van der Waals surface area contributed by atoms with Crippen LogP contribution in [0, 0.1) is 0 Å². The van der Waals surface area contributed by atoms with Gasteiger partial charge < -0.3 is 28.7 Å². The van der Waals surface area contributed by atoms with Crippen molar-refractivity contribution < 1.29 is 23.7 Å². The molecule has 198 valence electrons. The van der Waals surface area contributed by atoms with E-state index in [-0.39, 0.29) is 5.91 Å². The summed E-state index contributed by atoms with van der Waals surface area (Å²) in [7, 11) is 6.77. The minimum absolute atomic E-state index is 0.0749. The van der Waals surface area contributed by atoms with Gasteiger partial charge in [0.1, 0.15) is 0 Å². The second-order valence-corrected chi connectivity index (χ2v) is 8.75. The first-order valence-corrected chi connectivity index (χ1v) is 12.5. The first kappa shape index (κ1) is 29.2. The molecule has 0 atom stereocenters. The molecule has 7 heteroatoms. The predicted molar refractivity (Wildman–Crippen MR) is 145 cm³/mol. The van der Waals surface area contributed by atoms with Gasteiger partial charge in [0.15, 0.2) is 11.5 Å². The molecule has 0 aliphatic rings. The molecule has 0 spiro atoms. The van der Waals surface area contributed by atoms with E-state index in [0.717, 1.165) is 50.3 Å². The van der Waals surface area contributed by atoms with Crippen molar-refractivity contribution in [3.8, 4) is 17.2 Å². The number of hydrogen-bond acceptors (Lipinski definition) is 6. The van der Waals surface area contributed by atoms with Crippen LogP contribution >= 0.6 is 0 Å². The third kappa shape index (κ3) is 9.21. The first-order chi connectivity index (χ1) is 17.4. The number of hydrogen-bond donors (Lipinski definition) is 0. The second kappa shape index (κ2) is 15.9. The van der Waals surface area contributed by atoms with E-state index < -0.39 is 0 Å². The summed E-state index contributed by atoms with van der Waals surface area (Å²) in [6, 6.07) is 13.6. The third-order valence-corrected chi connectivity index (χ3v) is 5.85. The lowest BCUT2D eigenvalue weighted by Crippen LogP contribution is -2.35. The Kier molecular flexibility index (Phi) is 12.9. The number of benzene rings is 2. The Labute approximate surface area is 216 Å². The second-order valence-electron chi connectivity index (χ2n) is 8.75. The van der Waals surface area contributed by atoms with Crippen LogP contribution < -0.4 is 14.2 Å². The Morgan fingerprint density at radius 3 is 2.14 bits per heavy atom. The quantitative estimate of drug-likeness (QED) is 0.303. The Morgan fingerprint density at radius 2 is 1.56 bits per heavy atom. The average molecular weight is 499 g/mol. The highest BCUT2D eigenvalue weighted by Crippen LogP contribution is 2.38. The van der Waals surface area contributed by atoms with Crippen molar-refractivity contribution in [2.24, 2.45) is 0 Å². The van der Waals surface area contributed by atoms with Gasteiger partial charge in [-0.05, 0) is 58.0 Å². The van der Waals surface area contributed by atoms with E-state index in [1.165, 1.54) is 0 Å². The van der Waals surface area contributed by atoms with Crippen molar-refractivity contribution in [1.29, 1.82) is 0 Å². The molecule has 0 fully saturated rings. The van der Waals surface area contributed by atoms with Crippen LogP contribution in [-0.2, 0) is 4.74 Å². The van der Waals surface area contributed by atoms with Gasteiger partial charge in [-0.1, -0.05) is 42.0 Å². The molecule has 0 aliphatic carbocycles. The summed E-state index contributed by atoms with van der Waals surface area (Å²) in [5, 5.41) is 0. The van der Waals surface area contributed by atoms with Crippen LogP contribution in [0.1, 0.15) is 42.6 Å². The number of methoxy groups -OCH3 is 3. The highest BCUT2D eigenvalue weighted by Gasteiger charge is 2.21. The monoisotopic (exact) mass is 498 g/mol. The molecule has 2 aromatic carbocycles. The van der Waals surface area contributed by atoms with Gasteiger partial charge >= 0.3 is 0 Å². The molecule has 2 rings (SSSR count). The lowest BCUT2D eigenvalue weighted by atomic mass is 10.1. The summed E-state index contributed by atoms with van der Waals surface area (Å²) in [6.45, 7) is 8.61. The van der Waals surface area contributed by atoms with E-state index in [1.54, 1.807) is 33.5 Å². The molecule has 1 amide bonds. The molecule has 0 N–H and O–H groups in total. The number of carbonyl (C=O) groups excluding carboxylic acids is 1. The summed E-state index contributed by atoms with van der Waals surface area (Å²) in [4.78, 5) is 17.9. The van der Waals surface area contributed by atoms with Crippen LogP contribution in [0.25, 0.3) is 6.08 Å². The number of ether oxygens (including phenoxy) is 4. The molecule has 0 radical (unpaired) electrons. The summed E-state index contributed by atoms with van der Waals surface area (Å²) in [6.07, 6.45) is 3.98. The number of carbonyl (C=O) groups is 1. The van der Waals surface area contributed by atoms with Gasteiger partial charge in [-0.2, -0.15) is 0 Å². The van der Waals surface area contributed by atoms with Crippen LogP contribution in [-0.4, -0.2) is 83.5 Å². The molecular weight excluding hydrogens is 456 g/mol. The Hall–Kier alpha value is -3.03. The molecule has 36 heavy (non-hydrogen) atoms. The zero-order valence-electron chi connectivity index (χ0n) is 22.7. The molecule has 7 nitrogen and oxygen atoms in total. The van der Waals surface area contributed by atoms with Crippen molar-refractivity contribution in [3.63, 3.8) is 0 Å². The van der Waals surface area contributed by atoms with Crippen molar-refractivity contribution in [2.45, 2.75) is 26.7 Å². The van der Waals surface area contributed by atoms with Gasteiger partial charge in [0.2, 0.25) is 5.75 Å². The highest BCUT2D eigenvalue weighted by molar-refractivity contribution is 5.96. The molecule has 0 heterocycles. The van der Waals surface area contributed by atoms with Gasteiger partial charge in [0, 0.05) is 38.4 Å². The summed E-state index contributed by atoms with van der Waals surface area (Å²) in [5.41, 5.74) is 2.72. The minimum atomic E-state index is -0.0749. The smallest absolute Gasteiger partial charge is 0.254 e. The van der Waals surface area contributed by atoms with Crippen molar-refractivity contribution in [2.75, 3.05) is 67.8 Å². The van der Waals surface area contributed by atoms with E-state index in [4.69, 9.17) is 18.9 Å². The van der Waals surface area contributed by atoms with E-state index >= 15 is 0 Å². The fraction of sp³-hybridized carbons (Fsp3) is 0.483. The summed E-state index contributed by atoms with van der Waals surface area (Å²) >= 11 is 0. The topological polar surface area (TPSA) is 60.5 Å². The van der Waals surface area contributed by atoms with Crippen LogP contribution in [0.5, 0.6) is 17.2 Å². The minimum Gasteiger partial charge on any atom is -0.493 e. The number of amides is 1. The van der Waals surface area contributed by atoms with Crippen molar-refractivity contribution >= 4 is 12.0 Å². The van der Waals surface area contributed by atoms with E-state index in [9.17, 15) is 4.79 Å². The maximum absolute atomic E-state index is 13.7. The molecule has 2 aromatic rings. The molecule has 0 saturated carbocycles. The maximum atomic E-state index is 13.7. The Balaban J connectivity index is 2.19. The predicted octanol–water partition coefficient (Wildman–Crippen LogP) is 5.01. The van der Waals surface area contributed by atoms with Gasteiger partial charge in [0.25, 0.3) is 5.91 Å². The highest BCUT2D eigenvalue weighted by atomic mass is 16.5. The average Bonchev–Trinajstić information content (AvgIpc) is 2.89. The summed E-state index contributed by atoms with van der Waals surface area (Å²) < 4.78 is 21.8. The van der Waals surface area contributed by atoms with Gasteiger partial charge in [-0.15, -0.1) is 0 Å². The van der Waals surface area contributed by atoms with E-state index in [1.807, 2.05) is 30.0 Å². The zero-order chi connectivity index (χ0) is 26.3. The van der Waals surface area contributed by atoms with Crippen LogP contribution in [0.15, 0.2) is 48.0 Å². The van der Waals surface area contributed by atoms with Gasteiger partial charge in [0.05, 0.1) is 21.3 Å². The fourth-order valence-electron chi connectivity index (χ4n) is 4.04. The van der Waals surface area contributed by atoms with Gasteiger partial charge in [-0.25, -0.2) is 0 Å². The van der Waals surface area contributed by atoms with Crippen LogP contribution in [0.2, 0.25) is 0 Å². The molecule has 0 aliphatic heterocycles. The molecule has 0 saturated heterocycles. The largest absolute Gasteiger partial charge is 0.493 e. The molecular formula is C29H42N2O5. The Morgan fingerprint density at radius 1 is 0.917 bits per heavy atom. The lowest BCUT2D eigenvalue weighted by Gasteiger charge is -2.25. The van der Waals surface area contributed by atoms with E-state index in [0.29, 0.717) is 35.9 Å². The third-order valence-electron chi connectivity index (χ3n) is 5.85. The fourth-order valence-corrected chi connectivity index (χ4v) is 4.04. The van der Waals surface area contributed by atoms with Crippen molar-refractivity contribution in [3.05, 3.63) is 59.2 Å². The first-order valence-electron chi connectivity index (χ1n) is 12.5. The lowest BCUT2D eigenvalue weighted by molar-refractivity contribution is 0.0762. The molecule has 0 aromatic heterocycles. The van der Waals surface area contributed by atoms with Crippen LogP contribution in [0.4, 0.5) is 0 Å². The van der Waals surface area contributed by atoms with Gasteiger partial charge in [-0.3, -0.25) is 4.79 Å².